The molecule has 0 saturated carbocycles. The molecule has 0 heterocycles. The molecular weight excluding hydrogens is 209 g/mol. The fourth-order valence-electron chi connectivity index (χ4n) is 0.356. The van der Waals surface area contributed by atoms with E-state index < -0.39 is 10.0 Å². The van der Waals surface area contributed by atoms with Gasteiger partial charge in [-0.3, -0.25) is 0 Å². The van der Waals surface area contributed by atoms with Gasteiger partial charge in [0.1, 0.15) is 0 Å². The summed E-state index contributed by atoms with van der Waals surface area (Å²) in [5.41, 5.74) is 0. The highest BCUT2D eigenvalue weighted by Crippen LogP contribution is 2.01. The minimum absolute atomic E-state index is 0.146. The van der Waals surface area contributed by atoms with E-state index in [1.165, 1.54) is 0 Å². The molecule has 66 valence electrons. The van der Waals surface area contributed by atoms with Crippen molar-refractivity contribution in [3.05, 3.63) is 12.2 Å². The summed E-state index contributed by atoms with van der Waals surface area (Å²) in [5.74, 6) is 0.356. The lowest BCUT2D eigenvalue weighted by Gasteiger charge is -2.06. The molecule has 0 fully saturated rings. The van der Waals surface area contributed by atoms with Crippen molar-refractivity contribution < 1.29 is 8.42 Å². The highest BCUT2D eigenvalue weighted by molar-refractivity contribution is 7.89. The predicted molar refractivity (Wildman–Crippen MR) is 47.3 cm³/mol. The Morgan fingerprint density at radius 3 is 2.36 bits per heavy atom. The first-order valence-electron chi connectivity index (χ1n) is 2.83. The first kappa shape index (κ1) is 11.2. The molecule has 0 radical (unpaired) electrons. The highest BCUT2D eigenvalue weighted by Gasteiger charge is 2.10. The van der Waals surface area contributed by atoms with Crippen molar-refractivity contribution >= 4 is 33.4 Å². The minimum Gasteiger partial charge on any atom is -0.211 e. The molecule has 3 nitrogen and oxygen atoms in total. The van der Waals surface area contributed by atoms with Gasteiger partial charge in [-0.25, -0.2) is 8.42 Å². The van der Waals surface area contributed by atoms with E-state index >= 15 is 0 Å². The molecule has 11 heavy (non-hydrogen) atoms. The van der Waals surface area contributed by atoms with E-state index in [-0.39, 0.29) is 6.54 Å². The number of halogens is 2. The Morgan fingerprint density at radius 1 is 1.45 bits per heavy atom. The van der Waals surface area contributed by atoms with Crippen molar-refractivity contribution in [3.63, 3.8) is 0 Å². The van der Waals surface area contributed by atoms with Crippen LogP contribution in [0.1, 0.15) is 0 Å². The molecule has 0 saturated heterocycles. The Kier molecular flexibility index (Phi) is 5.08. The summed E-state index contributed by atoms with van der Waals surface area (Å²) in [4.78, 5) is 0. The van der Waals surface area contributed by atoms with E-state index in [9.17, 15) is 8.42 Å². The number of allylic oxidation sites excluding steroid dienone is 1. The fourth-order valence-corrected chi connectivity index (χ4v) is 0.918. The molecule has 0 atom stereocenters. The smallest absolute Gasteiger partial charge is 0.211 e. The molecule has 0 rings (SSSR count). The molecule has 0 amide bonds. The summed E-state index contributed by atoms with van der Waals surface area (Å²) >= 11 is 10.6. The summed E-state index contributed by atoms with van der Waals surface area (Å²) in [6, 6.07) is 0. The van der Waals surface area contributed by atoms with Crippen LogP contribution in [0, 0.1) is 0 Å². The van der Waals surface area contributed by atoms with Crippen LogP contribution >= 0.6 is 23.4 Å². The molecule has 0 bridgehead atoms. The third kappa shape index (κ3) is 5.49. The third-order valence-electron chi connectivity index (χ3n) is 0.865. The standard InChI is InChI=1S/C5H9Cl2NO2S/c1-11(9,10)8(7)5-3-2-4-6/h2-3H,4-5H2,1H3. The van der Waals surface area contributed by atoms with Gasteiger partial charge in [0.2, 0.25) is 10.0 Å². The Bertz CT molecular complexity index is 225. The molecule has 0 aromatic carbocycles. The van der Waals surface area contributed by atoms with Gasteiger partial charge in [-0.2, -0.15) is 0 Å². The second kappa shape index (κ2) is 4.98. The van der Waals surface area contributed by atoms with E-state index in [1.807, 2.05) is 0 Å². The minimum atomic E-state index is -3.28. The maximum atomic E-state index is 10.7. The van der Waals surface area contributed by atoms with Gasteiger partial charge >= 0.3 is 0 Å². The van der Waals surface area contributed by atoms with Crippen LogP contribution in [-0.2, 0) is 10.0 Å². The number of nitrogens with zero attached hydrogens (tertiary/aromatic N) is 1. The summed E-state index contributed by atoms with van der Waals surface area (Å²) in [6.07, 6.45) is 4.25. The van der Waals surface area contributed by atoms with Crippen molar-refractivity contribution in [2.75, 3.05) is 18.7 Å². The van der Waals surface area contributed by atoms with Gasteiger partial charge in [-0.05, 0) is 11.8 Å². The first-order valence-corrected chi connectivity index (χ1v) is 5.55. The lowest BCUT2D eigenvalue weighted by Crippen LogP contribution is -2.19. The molecule has 0 aromatic rings. The number of hydrogen-bond acceptors (Lipinski definition) is 2. The van der Waals surface area contributed by atoms with Crippen molar-refractivity contribution in [1.29, 1.82) is 0 Å². The van der Waals surface area contributed by atoms with Crippen molar-refractivity contribution in [3.8, 4) is 0 Å². The Hall–Kier alpha value is 0.230. The van der Waals surface area contributed by atoms with Crippen molar-refractivity contribution in [1.82, 2.24) is 3.82 Å². The number of rotatable bonds is 4. The number of sulfonamides is 1. The lowest BCUT2D eigenvalue weighted by atomic mass is 10.5. The molecule has 0 N–H and O–H groups in total. The lowest BCUT2D eigenvalue weighted by molar-refractivity contribution is 0.558. The number of alkyl halides is 1. The average molecular weight is 218 g/mol. The van der Waals surface area contributed by atoms with E-state index in [1.54, 1.807) is 12.2 Å². The Labute approximate surface area is 76.7 Å². The molecule has 0 aliphatic carbocycles. The van der Waals surface area contributed by atoms with Gasteiger partial charge in [0.15, 0.2) is 0 Å². The molecule has 0 unspecified atom stereocenters. The van der Waals surface area contributed by atoms with Crippen LogP contribution in [0.3, 0.4) is 0 Å². The van der Waals surface area contributed by atoms with Crippen LogP contribution in [0.5, 0.6) is 0 Å². The van der Waals surface area contributed by atoms with Crippen LogP contribution in [0.2, 0.25) is 0 Å². The summed E-state index contributed by atoms with van der Waals surface area (Å²) in [6.45, 7) is 0.146. The van der Waals surface area contributed by atoms with Crippen LogP contribution in [0.4, 0.5) is 0 Å². The van der Waals surface area contributed by atoms with Gasteiger partial charge in [0.05, 0.1) is 6.26 Å². The maximum Gasteiger partial charge on any atom is 0.224 e. The quantitative estimate of drug-likeness (QED) is 0.404. The Morgan fingerprint density at radius 2 is 2.00 bits per heavy atom. The van der Waals surface area contributed by atoms with Gasteiger partial charge < -0.3 is 0 Å². The molecular formula is C5H9Cl2NO2S. The monoisotopic (exact) mass is 217 g/mol. The fraction of sp³-hybridized carbons (Fsp3) is 0.600. The summed E-state index contributed by atoms with van der Waals surface area (Å²) in [7, 11) is -3.28. The third-order valence-corrected chi connectivity index (χ3v) is 2.80. The Balaban J connectivity index is 3.90. The predicted octanol–water partition coefficient (Wildman–Crippen LogP) is 1.20. The van der Waals surface area contributed by atoms with E-state index in [4.69, 9.17) is 23.4 Å². The first-order chi connectivity index (χ1) is 4.98. The molecule has 6 heteroatoms. The van der Waals surface area contributed by atoms with E-state index in [0.717, 1.165) is 10.1 Å². The van der Waals surface area contributed by atoms with Crippen LogP contribution in [0.15, 0.2) is 12.2 Å². The summed E-state index contributed by atoms with van der Waals surface area (Å²) in [5, 5.41) is 0. The van der Waals surface area contributed by atoms with E-state index in [0.29, 0.717) is 5.88 Å². The second-order valence-corrected chi connectivity index (χ2v) is 4.68. The molecule has 0 aromatic heterocycles. The molecule has 0 aliphatic rings. The summed E-state index contributed by atoms with van der Waals surface area (Å²) < 4.78 is 22.0. The largest absolute Gasteiger partial charge is 0.224 e. The van der Waals surface area contributed by atoms with Gasteiger partial charge in [-0.15, -0.1) is 15.4 Å². The maximum absolute atomic E-state index is 10.7. The average Bonchev–Trinajstić information content (AvgIpc) is 1.86. The van der Waals surface area contributed by atoms with Crippen LogP contribution in [-0.4, -0.2) is 30.9 Å². The molecule has 0 aliphatic heterocycles. The number of hydrogen-bond donors (Lipinski definition) is 0. The highest BCUT2D eigenvalue weighted by atomic mass is 35.5. The van der Waals surface area contributed by atoms with Crippen LogP contribution in [0.25, 0.3) is 0 Å². The SMILES string of the molecule is CS(=O)(=O)N(Cl)CC=CCCl. The van der Waals surface area contributed by atoms with Gasteiger partial charge in [0.25, 0.3) is 0 Å². The zero-order valence-electron chi connectivity index (χ0n) is 6.00. The zero-order valence-corrected chi connectivity index (χ0v) is 8.33. The van der Waals surface area contributed by atoms with Crippen molar-refractivity contribution in [2.24, 2.45) is 0 Å². The van der Waals surface area contributed by atoms with Gasteiger partial charge in [-0.1, -0.05) is 12.2 Å². The van der Waals surface area contributed by atoms with Crippen LogP contribution < -0.4 is 0 Å². The zero-order chi connectivity index (χ0) is 8.91. The van der Waals surface area contributed by atoms with Crippen molar-refractivity contribution in [2.45, 2.75) is 0 Å². The molecule has 0 spiro atoms. The topological polar surface area (TPSA) is 37.4 Å². The van der Waals surface area contributed by atoms with E-state index in [2.05, 4.69) is 0 Å². The second-order valence-electron chi connectivity index (χ2n) is 1.86. The van der Waals surface area contributed by atoms with Gasteiger partial charge in [0, 0.05) is 12.4 Å². The normalized spacial score (nSPS) is 13.1.